The first-order chi connectivity index (χ1) is 10.0. The van der Waals surface area contributed by atoms with E-state index < -0.39 is 0 Å². The summed E-state index contributed by atoms with van der Waals surface area (Å²) >= 11 is 0. The normalized spacial score (nSPS) is 12.4. The molecule has 0 radical (unpaired) electrons. The van der Waals surface area contributed by atoms with Crippen molar-refractivity contribution in [2.24, 2.45) is 0 Å². The van der Waals surface area contributed by atoms with Crippen LogP contribution in [-0.4, -0.2) is 16.9 Å². The molecule has 2 aromatic rings. The Balaban J connectivity index is 2.18. The minimum absolute atomic E-state index is 0.188. The van der Waals surface area contributed by atoms with Crippen molar-refractivity contribution in [3.8, 4) is 0 Å². The summed E-state index contributed by atoms with van der Waals surface area (Å²) < 4.78 is 0. The molecule has 0 aliphatic heterocycles. The Morgan fingerprint density at radius 2 is 1.81 bits per heavy atom. The van der Waals surface area contributed by atoms with Gasteiger partial charge in [-0.1, -0.05) is 42.5 Å². The zero-order chi connectivity index (χ0) is 15.4. The Bertz CT molecular complexity index is 626. The molecule has 110 valence electrons. The van der Waals surface area contributed by atoms with E-state index in [1.165, 1.54) is 5.56 Å². The van der Waals surface area contributed by atoms with Crippen LogP contribution in [0, 0.1) is 17.0 Å². The fraction of sp³-hybridized carbons (Fsp3) is 0.294. The van der Waals surface area contributed by atoms with Crippen LogP contribution in [0.5, 0.6) is 0 Å². The van der Waals surface area contributed by atoms with Gasteiger partial charge in [-0.3, -0.25) is 15.0 Å². The molecule has 0 N–H and O–H groups in total. The maximum Gasteiger partial charge on any atom is 0.272 e. The van der Waals surface area contributed by atoms with Crippen molar-refractivity contribution in [3.63, 3.8) is 0 Å². The van der Waals surface area contributed by atoms with E-state index in [9.17, 15) is 10.1 Å². The van der Waals surface area contributed by atoms with Crippen LogP contribution in [0.25, 0.3) is 0 Å². The van der Waals surface area contributed by atoms with Crippen molar-refractivity contribution >= 4 is 5.69 Å². The Labute approximate surface area is 125 Å². The molecule has 0 amide bonds. The molecule has 0 aliphatic rings. The van der Waals surface area contributed by atoms with Gasteiger partial charge in [-0.2, -0.15) is 0 Å². The third-order valence-electron chi connectivity index (χ3n) is 3.98. The fourth-order valence-electron chi connectivity index (χ4n) is 2.43. The lowest BCUT2D eigenvalue weighted by atomic mass is 10.0. The zero-order valence-corrected chi connectivity index (χ0v) is 12.6. The van der Waals surface area contributed by atoms with Gasteiger partial charge in [0.2, 0.25) is 0 Å². The van der Waals surface area contributed by atoms with E-state index in [-0.39, 0.29) is 16.7 Å². The molecule has 0 spiro atoms. The number of benzene rings is 2. The smallest absolute Gasteiger partial charge is 0.272 e. The molecule has 0 bridgehead atoms. The molecule has 0 aliphatic carbocycles. The highest BCUT2D eigenvalue weighted by molar-refractivity contribution is 5.44. The first-order valence-corrected chi connectivity index (χ1v) is 6.98. The zero-order valence-electron chi connectivity index (χ0n) is 12.6. The largest absolute Gasteiger partial charge is 0.295 e. The van der Waals surface area contributed by atoms with Crippen LogP contribution in [0.4, 0.5) is 5.69 Å². The predicted molar refractivity (Wildman–Crippen MR) is 84.2 cm³/mol. The third-order valence-corrected chi connectivity index (χ3v) is 3.98. The molecule has 4 nitrogen and oxygen atoms in total. The van der Waals surface area contributed by atoms with E-state index >= 15 is 0 Å². The third kappa shape index (κ3) is 3.47. The molecule has 4 heteroatoms. The maximum atomic E-state index is 11.0. The minimum atomic E-state index is -0.320. The topological polar surface area (TPSA) is 46.4 Å². The highest BCUT2D eigenvalue weighted by Crippen LogP contribution is 2.25. The lowest BCUT2D eigenvalue weighted by Gasteiger charge is -2.25. The van der Waals surface area contributed by atoms with Crippen molar-refractivity contribution in [1.29, 1.82) is 0 Å². The molecule has 0 saturated heterocycles. The number of hydrogen-bond acceptors (Lipinski definition) is 3. The molecular weight excluding hydrogens is 264 g/mol. The van der Waals surface area contributed by atoms with Crippen LogP contribution in [-0.2, 0) is 6.54 Å². The number of nitro benzene ring substituents is 1. The second-order valence-corrected chi connectivity index (χ2v) is 5.32. The maximum absolute atomic E-state index is 11.0. The monoisotopic (exact) mass is 284 g/mol. The van der Waals surface area contributed by atoms with Crippen molar-refractivity contribution in [3.05, 3.63) is 75.3 Å². The number of hydrogen-bond donors (Lipinski definition) is 0. The summed E-state index contributed by atoms with van der Waals surface area (Å²) in [4.78, 5) is 12.9. The summed E-state index contributed by atoms with van der Waals surface area (Å²) in [7, 11) is 2.04. The highest BCUT2D eigenvalue weighted by Gasteiger charge is 2.17. The van der Waals surface area contributed by atoms with Crippen LogP contribution in [0.1, 0.15) is 29.7 Å². The van der Waals surface area contributed by atoms with Gasteiger partial charge < -0.3 is 0 Å². The Hall–Kier alpha value is -2.20. The number of nitrogens with zero attached hydrogens (tertiary/aromatic N) is 2. The average Bonchev–Trinajstić information content (AvgIpc) is 2.49. The Morgan fingerprint density at radius 3 is 2.43 bits per heavy atom. The van der Waals surface area contributed by atoms with E-state index in [0.29, 0.717) is 6.54 Å². The van der Waals surface area contributed by atoms with Crippen LogP contribution < -0.4 is 0 Å². The molecule has 0 aromatic heterocycles. The van der Waals surface area contributed by atoms with E-state index in [1.807, 2.05) is 38.2 Å². The molecule has 21 heavy (non-hydrogen) atoms. The van der Waals surface area contributed by atoms with E-state index in [2.05, 4.69) is 24.0 Å². The molecule has 2 aromatic carbocycles. The summed E-state index contributed by atoms with van der Waals surface area (Å²) in [6.45, 7) is 4.64. The van der Waals surface area contributed by atoms with Crippen LogP contribution in [0.2, 0.25) is 0 Å². The lowest BCUT2D eigenvalue weighted by molar-refractivity contribution is -0.385. The number of nitro groups is 1. The van der Waals surface area contributed by atoms with Crippen molar-refractivity contribution < 1.29 is 4.92 Å². The summed E-state index contributed by atoms with van der Waals surface area (Å²) in [6, 6.07) is 15.8. The summed E-state index contributed by atoms with van der Waals surface area (Å²) in [6.07, 6.45) is 0. The van der Waals surface area contributed by atoms with Gasteiger partial charge in [-0.25, -0.2) is 0 Å². The average molecular weight is 284 g/mol. The molecule has 1 unspecified atom stereocenters. The number of rotatable bonds is 5. The fourth-order valence-corrected chi connectivity index (χ4v) is 2.43. The molecule has 0 fully saturated rings. The van der Waals surface area contributed by atoms with Gasteiger partial charge in [0, 0.05) is 24.2 Å². The van der Waals surface area contributed by atoms with E-state index in [1.54, 1.807) is 12.1 Å². The quantitative estimate of drug-likeness (QED) is 0.613. The van der Waals surface area contributed by atoms with Gasteiger partial charge in [-0.15, -0.1) is 0 Å². The van der Waals surface area contributed by atoms with E-state index in [4.69, 9.17) is 0 Å². The molecular formula is C17H20N2O2. The second kappa shape index (κ2) is 6.50. The SMILES string of the molecule is Cc1c(CN(C)C(C)c2ccccc2)cccc1[N+](=O)[O-]. The van der Waals surface area contributed by atoms with Crippen molar-refractivity contribution in [1.82, 2.24) is 4.90 Å². The summed E-state index contributed by atoms with van der Waals surface area (Å²) in [5.74, 6) is 0. The first kappa shape index (κ1) is 15.2. The first-order valence-electron chi connectivity index (χ1n) is 6.98. The van der Waals surface area contributed by atoms with Crippen molar-refractivity contribution in [2.45, 2.75) is 26.4 Å². The molecule has 1 atom stereocenters. The van der Waals surface area contributed by atoms with Gasteiger partial charge >= 0.3 is 0 Å². The Morgan fingerprint density at radius 1 is 1.14 bits per heavy atom. The van der Waals surface area contributed by atoms with Gasteiger partial charge in [0.05, 0.1) is 4.92 Å². The lowest BCUT2D eigenvalue weighted by Crippen LogP contribution is -2.22. The van der Waals surface area contributed by atoms with Crippen LogP contribution in [0.15, 0.2) is 48.5 Å². The highest BCUT2D eigenvalue weighted by atomic mass is 16.6. The summed E-state index contributed by atoms with van der Waals surface area (Å²) in [5.41, 5.74) is 3.17. The van der Waals surface area contributed by atoms with Gasteiger partial charge in [0.1, 0.15) is 0 Å². The molecule has 0 heterocycles. The van der Waals surface area contributed by atoms with Gasteiger partial charge in [-0.05, 0) is 32.0 Å². The summed E-state index contributed by atoms with van der Waals surface area (Å²) in [5, 5.41) is 11.0. The predicted octanol–water partition coefficient (Wildman–Crippen LogP) is 4.10. The van der Waals surface area contributed by atoms with Gasteiger partial charge in [0.25, 0.3) is 5.69 Å². The van der Waals surface area contributed by atoms with Crippen molar-refractivity contribution in [2.75, 3.05) is 7.05 Å². The van der Waals surface area contributed by atoms with E-state index in [0.717, 1.165) is 11.1 Å². The second-order valence-electron chi connectivity index (χ2n) is 5.32. The van der Waals surface area contributed by atoms with Crippen LogP contribution >= 0.6 is 0 Å². The van der Waals surface area contributed by atoms with Crippen LogP contribution in [0.3, 0.4) is 0 Å². The molecule has 2 rings (SSSR count). The minimum Gasteiger partial charge on any atom is -0.295 e. The standard InChI is InChI=1S/C17H20N2O2/c1-13-16(10-7-11-17(13)19(20)21)12-18(3)14(2)15-8-5-4-6-9-15/h4-11,14H,12H2,1-3H3. The van der Waals surface area contributed by atoms with Gasteiger partial charge in [0.15, 0.2) is 0 Å². The Kier molecular flexibility index (Phi) is 4.70. The molecule has 0 saturated carbocycles.